The summed E-state index contributed by atoms with van der Waals surface area (Å²) in [7, 11) is -4.09. The molecule has 0 aromatic heterocycles. The Bertz CT molecular complexity index is 981. The highest BCUT2D eigenvalue weighted by molar-refractivity contribution is 7.89. The summed E-state index contributed by atoms with van der Waals surface area (Å²) in [6, 6.07) is 9.75. The molecule has 10 heteroatoms. The first-order valence-electron chi connectivity index (χ1n) is 8.93. The maximum Gasteiger partial charge on any atom is 0.416 e. The third kappa shape index (κ3) is 6.74. The summed E-state index contributed by atoms with van der Waals surface area (Å²) >= 11 is 0. The Morgan fingerprint density at radius 1 is 0.967 bits per heavy atom. The fourth-order valence-electron chi connectivity index (χ4n) is 2.41. The van der Waals surface area contributed by atoms with Crippen LogP contribution in [0.4, 0.5) is 18.0 Å². The minimum Gasteiger partial charge on any atom is -0.444 e. The number of alkyl halides is 3. The van der Waals surface area contributed by atoms with E-state index in [1.807, 2.05) is 0 Å². The number of rotatable bonds is 5. The fraction of sp³-hybridized carbons (Fsp3) is 0.350. The van der Waals surface area contributed by atoms with Crippen LogP contribution in [0.15, 0.2) is 53.4 Å². The smallest absolute Gasteiger partial charge is 0.416 e. The summed E-state index contributed by atoms with van der Waals surface area (Å²) in [5, 5.41) is 2.35. The van der Waals surface area contributed by atoms with Gasteiger partial charge in [-0.15, -0.1) is 0 Å². The van der Waals surface area contributed by atoms with Crippen molar-refractivity contribution in [2.24, 2.45) is 0 Å². The standard InChI is InChI=1S/C20H23F3N2O4S/c1-13-5-11-16(12-6-13)30(27,28)25-17(24-18(26)29-19(2,3)4)14-7-9-15(10-8-14)20(21,22)23/h5-12,17,25H,1-4H3,(H,24,26). The molecule has 0 spiro atoms. The summed E-state index contributed by atoms with van der Waals surface area (Å²) < 4.78 is 71.4. The van der Waals surface area contributed by atoms with Crippen LogP contribution in [0, 0.1) is 6.92 Å². The monoisotopic (exact) mass is 444 g/mol. The van der Waals surface area contributed by atoms with Gasteiger partial charge in [0.05, 0.1) is 10.5 Å². The topological polar surface area (TPSA) is 84.5 Å². The Labute approximate surface area is 173 Å². The van der Waals surface area contributed by atoms with Crippen molar-refractivity contribution in [2.75, 3.05) is 0 Å². The third-order valence-electron chi connectivity index (χ3n) is 3.84. The molecule has 0 heterocycles. The van der Waals surface area contributed by atoms with Gasteiger partial charge in [-0.05, 0) is 57.5 Å². The number of aryl methyl sites for hydroxylation is 1. The van der Waals surface area contributed by atoms with Gasteiger partial charge >= 0.3 is 12.3 Å². The predicted molar refractivity (Wildman–Crippen MR) is 105 cm³/mol. The van der Waals surface area contributed by atoms with Crippen molar-refractivity contribution >= 4 is 16.1 Å². The van der Waals surface area contributed by atoms with Gasteiger partial charge in [-0.2, -0.15) is 17.9 Å². The number of nitrogens with one attached hydrogen (secondary N) is 2. The number of halogens is 3. The zero-order valence-corrected chi connectivity index (χ0v) is 17.7. The molecule has 2 rings (SSSR count). The molecule has 30 heavy (non-hydrogen) atoms. The van der Waals surface area contributed by atoms with E-state index in [2.05, 4.69) is 10.0 Å². The van der Waals surface area contributed by atoms with Gasteiger partial charge in [0.1, 0.15) is 11.8 Å². The van der Waals surface area contributed by atoms with Crippen molar-refractivity contribution in [1.82, 2.24) is 10.0 Å². The van der Waals surface area contributed by atoms with Gasteiger partial charge < -0.3 is 10.1 Å². The highest BCUT2D eigenvalue weighted by Crippen LogP contribution is 2.30. The highest BCUT2D eigenvalue weighted by atomic mass is 32.2. The van der Waals surface area contributed by atoms with E-state index in [-0.39, 0.29) is 10.5 Å². The molecule has 0 aliphatic rings. The molecule has 2 N–H and O–H groups in total. The number of sulfonamides is 1. The van der Waals surface area contributed by atoms with Crippen LogP contribution in [-0.4, -0.2) is 20.1 Å². The molecular weight excluding hydrogens is 421 g/mol. The molecule has 1 atom stereocenters. The average Bonchev–Trinajstić information content (AvgIpc) is 2.59. The number of alkyl carbamates (subject to hydrolysis) is 1. The molecular formula is C20H23F3N2O4S. The molecule has 0 radical (unpaired) electrons. The summed E-state index contributed by atoms with van der Waals surface area (Å²) in [6.07, 6.45) is -6.83. The van der Waals surface area contributed by atoms with E-state index < -0.39 is 39.6 Å². The van der Waals surface area contributed by atoms with Crippen molar-refractivity contribution in [1.29, 1.82) is 0 Å². The van der Waals surface area contributed by atoms with Crippen molar-refractivity contribution in [2.45, 2.75) is 50.5 Å². The minimum atomic E-state index is -4.55. The third-order valence-corrected chi connectivity index (χ3v) is 5.28. The highest BCUT2D eigenvalue weighted by Gasteiger charge is 2.31. The van der Waals surface area contributed by atoms with Gasteiger partial charge in [-0.1, -0.05) is 29.8 Å². The molecule has 0 aliphatic carbocycles. The van der Waals surface area contributed by atoms with Gasteiger partial charge in [0.15, 0.2) is 0 Å². The van der Waals surface area contributed by atoms with E-state index in [0.29, 0.717) is 0 Å². The molecule has 1 amide bonds. The largest absolute Gasteiger partial charge is 0.444 e. The van der Waals surface area contributed by atoms with Crippen LogP contribution in [0.3, 0.4) is 0 Å². The second-order valence-electron chi connectivity index (χ2n) is 7.63. The molecule has 0 saturated heterocycles. The lowest BCUT2D eigenvalue weighted by Gasteiger charge is -2.24. The first-order valence-corrected chi connectivity index (χ1v) is 10.4. The van der Waals surface area contributed by atoms with E-state index in [9.17, 15) is 26.4 Å². The van der Waals surface area contributed by atoms with Crippen LogP contribution in [0.5, 0.6) is 0 Å². The van der Waals surface area contributed by atoms with Crippen LogP contribution in [0.1, 0.15) is 43.6 Å². The van der Waals surface area contributed by atoms with E-state index in [1.165, 1.54) is 12.1 Å². The molecule has 0 bridgehead atoms. The van der Waals surface area contributed by atoms with Gasteiger partial charge in [0.2, 0.25) is 10.0 Å². The lowest BCUT2D eigenvalue weighted by Crippen LogP contribution is -2.43. The van der Waals surface area contributed by atoms with Gasteiger partial charge in [-0.25, -0.2) is 13.2 Å². The molecule has 164 valence electrons. The molecule has 0 fully saturated rings. The number of hydrogen-bond donors (Lipinski definition) is 2. The van der Waals surface area contributed by atoms with E-state index in [0.717, 1.165) is 29.8 Å². The van der Waals surface area contributed by atoms with Crippen molar-refractivity contribution in [3.05, 3.63) is 65.2 Å². The molecule has 1 unspecified atom stereocenters. The molecule has 2 aromatic carbocycles. The van der Waals surface area contributed by atoms with Crippen molar-refractivity contribution in [3.63, 3.8) is 0 Å². The first-order chi connectivity index (χ1) is 13.7. The molecule has 0 saturated carbocycles. The van der Waals surface area contributed by atoms with Gasteiger partial charge in [0, 0.05) is 0 Å². The summed E-state index contributed by atoms with van der Waals surface area (Å²) in [5.74, 6) is 0. The number of hydrogen-bond acceptors (Lipinski definition) is 4. The number of ether oxygens (including phenoxy) is 1. The average molecular weight is 444 g/mol. The Balaban J connectivity index is 2.35. The molecule has 0 aliphatic heterocycles. The molecule has 6 nitrogen and oxygen atoms in total. The number of carbonyl (C=O) groups is 1. The SMILES string of the molecule is Cc1ccc(S(=O)(=O)NC(NC(=O)OC(C)(C)C)c2ccc(C(F)(F)F)cc2)cc1. The van der Waals surface area contributed by atoms with Crippen LogP contribution in [0.2, 0.25) is 0 Å². The Morgan fingerprint density at radius 3 is 1.97 bits per heavy atom. The zero-order chi connectivity index (χ0) is 22.7. The maximum atomic E-state index is 12.8. The quantitative estimate of drug-likeness (QED) is 0.665. The number of benzene rings is 2. The zero-order valence-electron chi connectivity index (χ0n) is 16.9. The maximum absolute atomic E-state index is 12.8. The second kappa shape index (κ2) is 8.65. The van der Waals surface area contributed by atoms with Crippen molar-refractivity contribution < 1.29 is 31.1 Å². The fourth-order valence-corrected chi connectivity index (χ4v) is 3.55. The second-order valence-corrected chi connectivity index (χ2v) is 9.35. The van der Waals surface area contributed by atoms with Crippen molar-refractivity contribution in [3.8, 4) is 0 Å². The Morgan fingerprint density at radius 2 is 1.50 bits per heavy atom. The number of carbonyl (C=O) groups excluding carboxylic acids is 1. The van der Waals surface area contributed by atoms with Gasteiger partial charge in [0.25, 0.3) is 0 Å². The summed E-state index contributed by atoms with van der Waals surface area (Å²) in [4.78, 5) is 12.1. The summed E-state index contributed by atoms with van der Waals surface area (Å²) in [5.41, 5.74) is -0.807. The van der Waals surface area contributed by atoms with Crippen LogP contribution >= 0.6 is 0 Å². The molecule has 2 aromatic rings. The van der Waals surface area contributed by atoms with E-state index in [1.54, 1.807) is 39.8 Å². The van der Waals surface area contributed by atoms with Gasteiger partial charge in [-0.3, -0.25) is 0 Å². The first kappa shape index (κ1) is 23.7. The van der Waals surface area contributed by atoms with Crippen LogP contribution < -0.4 is 10.0 Å². The Kier molecular flexibility index (Phi) is 6.83. The van der Waals surface area contributed by atoms with Crippen LogP contribution in [0.25, 0.3) is 0 Å². The lowest BCUT2D eigenvalue weighted by atomic mass is 10.1. The normalized spacial score (nSPS) is 13.6. The van der Waals surface area contributed by atoms with Crippen LogP contribution in [-0.2, 0) is 20.9 Å². The van der Waals surface area contributed by atoms with E-state index in [4.69, 9.17) is 4.74 Å². The lowest BCUT2D eigenvalue weighted by molar-refractivity contribution is -0.137. The van der Waals surface area contributed by atoms with E-state index >= 15 is 0 Å². The summed E-state index contributed by atoms with van der Waals surface area (Å²) in [6.45, 7) is 6.65. The predicted octanol–water partition coefficient (Wildman–Crippen LogP) is 4.52. The number of amides is 1. The Hall–Kier alpha value is -2.59. The minimum absolute atomic E-state index is 0.0593.